The Morgan fingerprint density at radius 3 is 2.50 bits per heavy atom. The molecular formula is C17H24N2O2S. The number of nitrogens with one attached hydrogen (secondary N) is 1. The summed E-state index contributed by atoms with van der Waals surface area (Å²) in [7, 11) is 0. The Bertz CT molecular complexity index is 537. The van der Waals surface area contributed by atoms with Crippen molar-refractivity contribution in [1.82, 2.24) is 10.2 Å². The van der Waals surface area contributed by atoms with Crippen molar-refractivity contribution in [3.63, 3.8) is 0 Å². The second kappa shape index (κ2) is 7.68. The number of amides is 2. The standard InChI is InChI=1S/C17H24N2O2S/c1-12(2)11-16(20)18-13-7-9-19(10-8-13)17(21)14-5-3-4-6-15(14)22/h3-6,12-13,22H,7-11H2,1-2H3,(H,18,20). The third-order valence-corrected chi connectivity index (χ3v) is 4.27. The summed E-state index contributed by atoms with van der Waals surface area (Å²) in [6.45, 7) is 5.42. The molecule has 0 spiro atoms. The van der Waals surface area contributed by atoms with Crippen molar-refractivity contribution in [2.45, 2.75) is 44.0 Å². The van der Waals surface area contributed by atoms with Crippen LogP contribution in [0.5, 0.6) is 0 Å². The Kier molecular flexibility index (Phi) is 5.89. The number of nitrogens with zero attached hydrogens (tertiary/aromatic N) is 1. The molecule has 4 nitrogen and oxygen atoms in total. The Morgan fingerprint density at radius 2 is 1.91 bits per heavy atom. The molecule has 1 N–H and O–H groups in total. The molecule has 0 atom stereocenters. The van der Waals surface area contributed by atoms with Gasteiger partial charge in [0.1, 0.15) is 0 Å². The highest BCUT2D eigenvalue weighted by Gasteiger charge is 2.25. The number of rotatable bonds is 4. The molecule has 1 aromatic rings. The maximum Gasteiger partial charge on any atom is 0.254 e. The van der Waals surface area contributed by atoms with Crippen molar-refractivity contribution in [1.29, 1.82) is 0 Å². The zero-order chi connectivity index (χ0) is 16.1. The Labute approximate surface area is 137 Å². The summed E-state index contributed by atoms with van der Waals surface area (Å²) in [6.07, 6.45) is 2.18. The third kappa shape index (κ3) is 4.50. The van der Waals surface area contributed by atoms with Crippen molar-refractivity contribution < 1.29 is 9.59 Å². The van der Waals surface area contributed by atoms with E-state index in [1.165, 1.54) is 0 Å². The van der Waals surface area contributed by atoms with Crippen LogP contribution < -0.4 is 5.32 Å². The molecule has 1 saturated heterocycles. The fourth-order valence-corrected chi connectivity index (χ4v) is 2.97. The van der Waals surface area contributed by atoms with Gasteiger partial charge in [-0.15, -0.1) is 12.6 Å². The van der Waals surface area contributed by atoms with Crippen LogP contribution in [0.25, 0.3) is 0 Å². The number of benzene rings is 1. The molecule has 120 valence electrons. The van der Waals surface area contributed by atoms with Gasteiger partial charge in [0.2, 0.25) is 5.91 Å². The van der Waals surface area contributed by atoms with Crippen LogP contribution in [0, 0.1) is 5.92 Å². The first-order valence-corrected chi connectivity index (χ1v) is 8.28. The first-order chi connectivity index (χ1) is 10.5. The number of hydrogen-bond donors (Lipinski definition) is 2. The summed E-state index contributed by atoms with van der Waals surface area (Å²) >= 11 is 4.35. The number of hydrogen-bond acceptors (Lipinski definition) is 3. The van der Waals surface area contributed by atoms with E-state index in [0.29, 0.717) is 35.9 Å². The molecule has 0 aromatic heterocycles. The average Bonchev–Trinajstić information content (AvgIpc) is 2.47. The molecule has 22 heavy (non-hydrogen) atoms. The van der Waals surface area contributed by atoms with Crippen molar-refractivity contribution >= 4 is 24.4 Å². The van der Waals surface area contributed by atoms with Gasteiger partial charge in [-0.1, -0.05) is 26.0 Å². The van der Waals surface area contributed by atoms with Crippen LogP contribution in [0.1, 0.15) is 43.5 Å². The number of thiol groups is 1. The van der Waals surface area contributed by atoms with Crippen LogP contribution in [0.2, 0.25) is 0 Å². The lowest BCUT2D eigenvalue weighted by atomic mass is 10.0. The molecule has 1 heterocycles. The predicted octanol–water partition coefficient (Wildman–Crippen LogP) is 2.74. The molecule has 0 bridgehead atoms. The molecule has 2 amide bonds. The predicted molar refractivity (Wildman–Crippen MR) is 90.2 cm³/mol. The summed E-state index contributed by atoms with van der Waals surface area (Å²) < 4.78 is 0. The number of carbonyl (C=O) groups is 2. The minimum atomic E-state index is 0.0255. The van der Waals surface area contributed by atoms with Gasteiger partial charge in [0, 0.05) is 30.4 Å². The quantitative estimate of drug-likeness (QED) is 0.838. The topological polar surface area (TPSA) is 49.4 Å². The fourth-order valence-electron chi connectivity index (χ4n) is 2.71. The van der Waals surface area contributed by atoms with E-state index in [0.717, 1.165) is 12.8 Å². The molecular weight excluding hydrogens is 296 g/mol. The summed E-state index contributed by atoms with van der Waals surface area (Å²) in [6, 6.07) is 7.54. The number of piperidine rings is 1. The van der Waals surface area contributed by atoms with Crippen LogP contribution in [-0.4, -0.2) is 35.8 Å². The summed E-state index contributed by atoms with van der Waals surface area (Å²) in [5.74, 6) is 0.506. The van der Waals surface area contributed by atoms with Crippen LogP contribution in [-0.2, 0) is 4.79 Å². The van der Waals surface area contributed by atoms with Gasteiger partial charge in [0.15, 0.2) is 0 Å². The zero-order valence-corrected chi connectivity index (χ0v) is 14.1. The minimum absolute atomic E-state index is 0.0255. The Balaban J connectivity index is 1.86. The van der Waals surface area contributed by atoms with E-state index in [9.17, 15) is 9.59 Å². The molecule has 2 rings (SSSR count). The Hall–Kier alpha value is -1.49. The lowest BCUT2D eigenvalue weighted by molar-refractivity contribution is -0.122. The highest BCUT2D eigenvalue weighted by atomic mass is 32.1. The lowest BCUT2D eigenvalue weighted by Crippen LogP contribution is -2.46. The molecule has 1 fully saturated rings. The maximum absolute atomic E-state index is 12.5. The number of carbonyl (C=O) groups excluding carboxylic acids is 2. The molecule has 5 heteroatoms. The van der Waals surface area contributed by atoms with Gasteiger partial charge in [-0.05, 0) is 30.9 Å². The van der Waals surface area contributed by atoms with Gasteiger partial charge in [-0.25, -0.2) is 0 Å². The number of likely N-dealkylation sites (tertiary alicyclic amines) is 1. The van der Waals surface area contributed by atoms with Gasteiger partial charge >= 0.3 is 0 Å². The van der Waals surface area contributed by atoms with Crippen LogP contribution in [0.15, 0.2) is 29.2 Å². The normalized spacial score (nSPS) is 15.9. The van der Waals surface area contributed by atoms with Crippen molar-refractivity contribution in [2.24, 2.45) is 5.92 Å². The van der Waals surface area contributed by atoms with Crippen molar-refractivity contribution in [3.05, 3.63) is 29.8 Å². The Morgan fingerprint density at radius 1 is 1.27 bits per heavy atom. The van der Waals surface area contributed by atoms with Crippen molar-refractivity contribution in [2.75, 3.05) is 13.1 Å². The largest absolute Gasteiger partial charge is 0.353 e. The van der Waals surface area contributed by atoms with Gasteiger partial charge in [-0.3, -0.25) is 9.59 Å². The van der Waals surface area contributed by atoms with Gasteiger partial charge in [-0.2, -0.15) is 0 Å². The molecule has 0 radical (unpaired) electrons. The first-order valence-electron chi connectivity index (χ1n) is 7.84. The monoisotopic (exact) mass is 320 g/mol. The first kappa shape index (κ1) is 16.9. The second-order valence-corrected chi connectivity index (χ2v) is 6.73. The average molecular weight is 320 g/mol. The van der Waals surface area contributed by atoms with E-state index in [1.54, 1.807) is 6.07 Å². The smallest absolute Gasteiger partial charge is 0.254 e. The van der Waals surface area contributed by atoms with Gasteiger partial charge in [0.25, 0.3) is 5.91 Å². The third-order valence-electron chi connectivity index (χ3n) is 3.88. The van der Waals surface area contributed by atoms with Gasteiger partial charge < -0.3 is 10.2 Å². The van der Waals surface area contributed by atoms with E-state index in [1.807, 2.05) is 36.9 Å². The van der Waals surface area contributed by atoms with E-state index >= 15 is 0 Å². The molecule has 1 aliphatic heterocycles. The zero-order valence-electron chi connectivity index (χ0n) is 13.2. The molecule has 0 aliphatic carbocycles. The van der Waals surface area contributed by atoms with Crippen molar-refractivity contribution in [3.8, 4) is 0 Å². The van der Waals surface area contributed by atoms with Crippen LogP contribution in [0.3, 0.4) is 0 Å². The fraction of sp³-hybridized carbons (Fsp3) is 0.529. The second-order valence-electron chi connectivity index (χ2n) is 6.25. The summed E-state index contributed by atoms with van der Waals surface area (Å²) in [5.41, 5.74) is 0.646. The molecule has 1 aliphatic rings. The highest BCUT2D eigenvalue weighted by molar-refractivity contribution is 7.80. The minimum Gasteiger partial charge on any atom is -0.353 e. The lowest BCUT2D eigenvalue weighted by Gasteiger charge is -2.32. The highest BCUT2D eigenvalue weighted by Crippen LogP contribution is 2.19. The molecule has 0 saturated carbocycles. The van der Waals surface area contributed by atoms with E-state index in [-0.39, 0.29) is 17.9 Å². The van der Waals surface area contributed by atoms with E-state index in [2.05, 4.69) is 17.9 Å². The van der Waals surface area contributed by atoms with Crippen LogP contribution in [0.4, 0.5) is 0 Å². The van der Waals surface area contributed by atoms with Gasteiger partial charge in [0.05, 0.1) is 5.56 Å². The molecule has 0 unspecified atom stereocenters. The molecule has 1 aromatic carbocycles. The van der Waals surface area contributed by atoms with Crippen LogP contribution >= 0.6 is 12.6 Å². The van der Waals surface area contributed by atoms with E-state index < -0.39 is 0 Å². The SMILES string of the molecule is CC(C)CC(=O)NC1CCN(C(=O)c2ccccc2S)CC1. The van der Waals surface area contributed by atoms with E-state index in [4.69, 9.17) is 0 Å². The summed E-state index contributed by atoms with van der Waals surface area (Å²) in [5, 5.41) is 3.07. The maximum atomic E-state index is 12.5. The summed E-state index contributed by atoms with van der Waals surface area (Å²) in [4.78, 5) is 26.8.